The summed E-state index contributed by atoms with van der Waals surface area (Å²) in [7, 11) is 1.64. The fourth-order valence-corrected chi connectivity index (χ4v) is 1.23. The van der Waals surface area contributed by atoms with Crippen molar-refractivity contribution in [1.29, 1.82) is 0 Å². The first-order valence-corrected chi connectivity index (χ1v) is 4.20. The Labute approximate surface area is 78.7 Å². The number of methoxy groups -OCH3 is 1. The van der Waals surface area contributed by atoms with Gasteiger partial charge in [0, 0.05) is 17.8 Å². The first-order chi connectivity index (χ1) is 5.24. The summed E-state index contributed by atoms with van der Waals surface area (Å²) in [5.41, 5.74) is 1.01. The maximum Gasteiger partial charge on any atom is 0.129 e. The second kappa shape index (κ2) is 4.04. The van der Waals surface area contributed by atoms with Crippen molar-refractivity contribution in [1.82, 2.24) is 4.98 Å². The van der Waals surface area contributed by atoms with E-state index in [-0.39, 0.29) is 0 Å². The van der Waals surface area contributed by atoms with Crippen molar-refractivity contribution in [3.05, 3.63) is 27.5 Å². The van der Waals surface area contributed by atoms with Crippen LogP contribution in [0.3, 0.4) is 0 Å². The number of halogens is 2. The van der Waals surface area contributed by atoms with E-state index in [1.54, 1.807) is 19.4 Å². The third kappa shape index (κ3) is 2.43. The van der Waals surface area contributed by atoms with Crippen LogP contribution in [-0.2, 0) is 11.3 Å². The van der Waals surface area contributed by atoms with Gasteiger partial charge in [-0.15, -0.1) is 0 Å². The van der Waals surface area contributed by atoms with Crippen molar-refractivity contribution in [3.63, 3.8) is 0 Å². The molecule has 11 heavy (non-hydrogen) atoms. The van der Waals surface area contributed by atoms with Crippen LogP contribution in [0.25, 0.3) is 0 Å². The lowest BCUT2D eigenvalue weighted by Crippen LogP contribution is -1.90. The minimum atomic E-state index is 0.486. The number of ether oxygens (including phenoxy) is 1. The summed E-state index contributed by atoms with van der Waals surface area (Å²) in [6.07, 6.45) is 1.66. The van der Waals surface area contributed by atoms with Gasteiger partial charge >= 0.3 is 0 Å². The van der Waals surface area contributed by atoms with Crippen molar-refractivity contribution in [2.75, 3.05) is 7.11 Å². The third-order valence-corrected chi connectivity index (χ3v) is 2.12. The largest absolute Gasteiger partial charge is 0.380 e. The minimum absolute atomic E-state index is 0.486. The normalized spacial score (nSPS) is 10.1. The molecular formula is C7H7BrClNO. The summed E-state index contributed by atoms with van der Waals surface area (Å²) in [6.45, 7) is 0.544. The maximum absolute atomic E-state index is 5.67. The zero-order valence-corrected chi connectivity index (χ0v) is 8.32. The van der Waals surface area contributed by atoms with Crippen molar-refractivity contribution in [2.45, 2.75) is 6.61 Å². The van der Waals surface area contributed by atoms with E-state index in [1.165, 1.54) is 0 Å². The first kappa shape index (κ1) is 8.97. The van der Waals surface area contributed by atoms with E-state index >= 15 is 0 Å². The quantitative estimate of drug-likeness (QED) is 0.737. The Bertz CT molecular complexity index is 254. The van der Waals surface area contributed by atoms with Gasteiger partial charge in [-0.1, -0.05) is 11.6 Å². The highest BCUT2D eigenvalue weighted by Gasteiger charge is 1.99. The Kier molecular flexibility index (Phi) is 3.30. The molecule has 0 atom stereocenters. The van der Waals surface area contributed by atoms with E-state index in [1.807, 2.05) is 0 Å². The van der Waals surface area contributed by atoms with Crippen LogP contribution < -0.4 is 0 Å². The summed E-state index contributed by atoms with van der Waals surface area (Å²) >= 11 is 9.00. The monoisotopic (exact) mass is 235 g/mol. The maximum atomic E-state index is 5.67. The highest BCUT2D eigenvalue weighted by molar-refractivity contribution is 9.10. The van der Waals surface area contributed by atoms with E-state index < -0.39 is 0 Å². The van der Waals surface area contributed by atoms with Crippen LogP contribution in [0, 0.1) is 0 Å². The molecule has 0 bridgehead atoms. The highest BCUT2D eigenvalue weighted by atomic mass is 79.9. The topological polar surface area (TPSA) is 22.1 Å². The van der Waals surface area contributed by atoms with Crippen molar-refractivity contribution in [3.8, 4) is 0 Å². The SMILES string of the molecule is COCc1cc(Cl)ncc1Br. The molecule has 0 spiro atoms. The molecule has 1 heterocycles. The Morgan fingerprint density at radius 3 is 3.09 bits per heavy atom. The zero-order chi connectivity index (χ0) is 8.27. The number of nitrogens with zero attached hydrogens (tertiary/aromatic N) is 1. The summed E-state index contributed by atoms with van der Waals surface area (Å²) in [5.74, 6) is 0. The van der Waals surface area contributed by atoms with Gasteiger partial charge in [0.15, 0.2) is 0 Å². The number of aromatic nitrogens is 1. The number of hydrogen-bond donors (Lipinski definition) is 0. The van der Waals surface area contributed by atoms with E-state index in [9.17, 15) is 0 Å². The molecule has 0 aromatic carbocycles. The Morgan fingerprint density at radius 1 is 1.73 bits per heavy atom. The van der Waals surface area contributed by atoms with Gasteiger partial charge in [0.25, 0.3) is 0 Å². The lowest BCUT2D eigenvalue weighted by atomic mass is 10.3. The molecule has 0 unspecified atom stereocenters. The highest BCUT2D eigenvalue weighted by Crippen LogP contribution is 2.18. The Balaban J connectivity index is 2.93. The van der Waals surface area contributed by atoms with Gasteiger partial charge in [0.2, 0.25) is 0 Å². The average Bonchev–Trinajstić information content (AvgIpc) is 1.98. The standard InChI is InChI=1S/C7H7BrClNO/c1-11-4-5-2-7(9)10-3-6(5)8/h2-3H,4H2,1H3. The van der Waals surface area contributed by atoms with Crippen molar-refractivity contribution < 1.29 is 4.74 Å². The van der Waals surface area contributed by atoms with Crippen LogP contribution in [0.2, 0.25) is 5.15 Å². The molecule has 0 saturated carbocycles. The molecule has 0 aliphatic heterocycles. The third-order valence-electron chi connectivity index (χ3n) is 1.20. The second-order valence-electron chi connectivity index (χ2n) is 2.03. The molecule has 60 valence electrons. The van der Waals surface area contributed by atoms with Crippen molar-refractivity contribution >= 4 is 27.5 Å². The van der Waals surface area contributed by atoms with Gasteiger partial charge in [-0.3, -0.25) is 0 Å². The molecule has 0 fully saturated rings. The predicted octanol–water partition coefficient (Wildman–Crippen LogP) is 2.64. The van der Waals surface area contributed by atoms with Crippen LogP contribution in [0.15, 0.2) is 16.7 Å². The molecule has 0 aliphatic rings. The molecule has 4 heteroatoms. The summed E-state index contributed by atoms with van der Waals surface area (Å²) in [5, 5.41) is 0.486. The molecule has 0 radical (unpaired) electrons. The molecule has 0 aliphatic carbocycles. The molecule has 1 aromatic heterocycles. The number of pyridine rings is 1. The lowest BCUT2D eigenvalue weighted by Gasteiger charge is -2.01. The van der Waals surface area contributed by atoms with Gasteiger partial charge in [0.1, 0.15) is 5.15 Å². The number of rotatable bonds is 2. The van der Waals surface area contributed by atoms with Gasteiger partial charge in [-0.05, 0) is 27.6 Å². The fourth-order valence-electron chi connectivity index (χ4n) is 0.717. The van der Waals surface area contributed by atoms with Crippen molar-refractivity contribution in [2.24, 2.45) is 0 Å². The summed E-state index contributed by atoms with van der Waals surface area (Å²) in [4.78, 5) is 3.88. The summed E-state index contributed by atoms with van der Waals surface area (Å²) in [6, 6.07) is 1.77. The van der Waals surface area contributed by atoms with Crippen LogP contribution in [-0.4, -0.2) is 12.1 Å². The van der Waals surface area contributed by atoms with E-state index in [2.05, 4.69) is 20.9 Å². The minimum Gasteiger partial charge on any atom is -0.380 e. The van der Waals surface area contributed by atoms with Crippen LogP contribution in [0.4, 0.5) is 0 Å². The van der Waals surface area contributed by atoms with E-state index in [0.717, 1.165) is 10.0 Å². The van der Waals surface area contributed by atoms with Gasteiger partial charge in [-0.25, -0.2) is 4.98 Å². The Morgan fingerprint density at radius 2 is 2.45 bits per heavy atom. The molecule has 1 aromatic rings. The lowest BCUT2D eigenvalue weighted by molar-refractivity contribution is 0.184. The Hall–Kier alpha value is -0.120. The average molecular weight is 236 g/mol. The summed E-state index contributed by atoms with van der Waals surface area (Å²) < 4.78 is 5.87. The molecule has 2 nitrogen and oxygen atoms in total. The first-order valence-electron chi connectivity index (χ1n) is 3.03. The number of hydrogen-bond acceptors (Lipinski definition) is 2. The molecule has 0 saturated heterocycles. The molecule has 1 rings (SSSR count). The smallest absolute Gasteiger partial charge is 0.129 e. The van der Waals surface area contributed by atoms with E-state index in [0.29, 0.717) is 11.8 Å². The second-order valence-corrected chi connectivity index (χ2v) is 3.27. The van der Waals surface area contributed by atoms with Gasteiger partial charge in [0.05, 0.1) is 6.61 Å². The zero-order valence-electron chi connectivity index (χ0n) is 5.97. The van der Waals surface area contributed by atoms with Crippen LogP contribution in [0.5, 0.6) is 0 Å². The molecular weight excluding hydrogens is 229 g/mol. The predicted molar refractivity (Wildman–Crippen MR) is 47.7 cm³/mol. The van der Waals surface area contributed by atoms with Crippen LogP contribution >= 0.6 is 27.5 Å². The molecule has 0 amide bonds. The van der Waals surface area contributed by atoms with E-state index in [4.69, 9.17) is 16.3 Å². The van der Waals surface area contributed by atoms with Gasteiger partial charge in [-0.2, -0.15) is 0 Å². The van der Waals surface area contributed by atoms with Gasteiger partial charge < -0.3 is 4.74 Å². The van der Waals surface area contributed by atoms with Crippen LogP contribution in [0.1, 0.15) is 5.56 Å². The fraction of sp³-hybridized carbons (Fsp3) is 0.286. The molecule has 0 N–H and O–H groups in total.